The van der Waals surface area contributed by atoms with Crippen LogP contribution in [0.2, 0.25) is 0 Å². The van der Waals surface area contributed by atoms with Crippen molar-refractivity contribution in [1.29, 1.82) is 0 Å². The Morgan fingerprint density at radius 3 is 2.27 bits per heavy atom. The highest BCUT2D eigenvalue weighted by Crippen LogP contribution is 2.46. The smallest absolute Gasteiger partial charge is 0.293 e. The molecule has 0 radical (unpaired) electrons. The minimum Gasteiger partial charge on any atom is -0.376 e. The fourth-order valence-electron chi connectivity index (χ4n) is 6.53. The summed E-state index contributed by atoms with van der Waals surface area (Å²) in [6, 6.07) is 19.7. The second-order valence-corrected chi connectivity index (χ2v) is 15.7. The first kappa shape index (κ1) is 35.2. The van der Waals surface area contributed by atoms with E-state index in [1.54, 1.807) is 38.0 Å². The number of anilines is 2. The molecule has 1 heterocycles. The zero-order chi connectivity index (χ0) is 34.3. The van der Waals surface area contributed by atoms with Crippen molar-refractivity contribution in [3.8, 4) is 0 Å². The van der Waals surface area contributed by atoms with Gasteiger partial charge in [0.1, 0.15) is 5.69 Å². The van der Waals surface area contributed by atoms with Gasteiger partial charge in [-0.1, -0.05) is 31.0 Å². The lowest BCUT2D eigenvalue weighted by atomic mass is 9.77. The van der Waals surface area contributed by atoms with Crippen LogP contribution in [0.5, 0.6) is 0 Å². The lowest BCUT2D eigenvalue weighted by Crippen LogP contribution is -2.38. The molecule has 1 aliphatic carbocycles. The van der Waals surface area contributed by atoms with Gasteiger partial charge in [-0.15, -0.1) is 11.8 Å². The topological polar surface area (TPSA) is 142 Å². The Labute approximate surface area is 286 Å². The Bertz CT molecular complexity index is 1700. The first-order chi connectivity index (χ1) is 22.9. The first-order valence-electron chi connectivity index (χ1n) is 16.3. The van der Waals surface area contributed by atoms with Crippen LogP contribution >= 0.6 is 11.8 Å². The molecule has 2 amide bonds. The number of hydrogen-bond acceptors (Lipinski definition) is 9. The lowest BCUT2D eigenvalue weighted by molar-refractivity contribution is -0.384. The molecule has 48 heavy (non-hydrogen) atoms. The molecule has 1 spiro atoms. The third kappa shape index (κ3) is 8.87. The average molecular weight is 694 g/mol. The number of thioether (sulfide) groups is 1. The zero-order valence-electron chi connectivity index (χ0n) is 27.4. The van der Waals surface area contributed by atoms with Crippen molar-refractivity contribution in [1.82, 2.24) is 9.62 Å². The number of amides is 2. The molecule has 1 saturated heterocycles. The van der Waals surface area contributed by atoms with Gasteiger partial charge in [0.05, 0.1) is 9.82 Å². The predicted molar refractivity (Wildman–Crippen MR) is 189 cm³/mol. The van der Waals surface area contributed by atoms with E-state index in [1.807, 2.05) is 42.5 Å². The van der Waals surface area contributed by atoms with Crippen LogP contribution in [0, 0.1) is 15.5 Å². The zero-order valence-corrected chi connectivity index (χ0v) is 29.0. The molecule has 0 aromatic heterocycles. The number of carbonyl (C=O) groups is 2. The van der Waals surface area contributed by atoms with Gasteiger partial charge < -0.3 is 15.1 Å². The van der Waals surface area contributed by atoms with Gasteiger partial charge in [0.2, 0.25) is 5.91 Å². The number of nitro benzene ring substituents is 1. The van der Waals surface area contributed by atoms with Gasteiger partial charge in [-0.05, 0) is 86.1 Å². The fraction of sp³-hybridized carbons (Fsp3) is 0.429. The van der Waals surface area contributed by atoms with Crippen LogP contribution < -0.4 is 14.9 Å². The molecule has 3 aromatic carbocycles. The van der Waals surface area contributed by atoms with Crippen LogP contribution in [0.4, 0.5) is 17.1 Å². The maximum Gasteiger partial charge on any atom is 0.293 e. The Hall–Kier alpha value is -4.10. The SMILES string of the molecule is CN(C)C(=O)CC[C@H](CSc1ccccc1)Nc1ccc(S(=O)(=O)NC(=O)c2ccc(N3CCC4(CCCC4)CC3)cc2)cc1[N+](=O)[O-]. The summed E-state index contributed by atoms with van der Waals surface area (Å²) < 4.78 is 28.5. The van der Waals surface area contributed by atoms with Crippen molar-refractivity contribution in [2.75, 3.05) is 43.2 Å². The van der Waals surface area contributed by atoms with Crippen molar-refractivity contribution in [3.63, 3.8) is 0 Å². The predicted octanol–water partition coefficient (Wildman–Crippen LogP) is 6.32. The summed E-state index contributed by atoms with van der Waals surface area (Å²) in [4.78, 5) is 41.2. The van der Waals surface area contributed by atoms with Crippen molar-refractivity contribution in [3.05, 3.63) is 88.5 Å². The molecular formula is C35H43N5O6S2. The van der Waals surface area contributed by atoms with E-state index in [4.69, 9.17) is 0 Å². The minimum atomic E-state index is -4.43. The molecule has 0 unspecified atom stereocenters. The summed E-state index contributed by atoms with van der Waals surface area (Å²) in [5.74, 6) is -0.384. The summed E-state index contributed by atoms with van der Waals surface area (Å²) in [5, 5.41) is 15.3. The summed E-state index contributed by atoms with van der Waals surface area (Å²) in [6.45, 7) is 1.93. The quantitative estimate of drug-likeness (QED) is 0.120. The highest BCUT2D eigenvalue weighted by molar-refractivity contribution is 7.99. The van der Waals surface area contributed by atoms with Crippen LogP contribution in [0.15, 0.2) is 82.6 Å². The number of nitro groups is 1. The monoisotopic (exact) mass is 693 g/mol. The molecule has 3 aromatic rings. The van der Waals surface area contributed by atoms with E-state index in [0.717, 1.165) is 42.6 Å². The van der Waals surface area contributed by atoms with Gasteiger partial charge in [-0.2, -0.15) is 0 Å². The Kier molecular flexibility index (Phi) is 11.3. The van der Waals surface area contributed by atoms with E-state index in [-0.39, 0.29) is 29.6 Å². The molecule has 5 rings (SSSR count). The first-order valence-corrected chi connectivity index (χ1v) is 18.8. The highest BCUT2D eigenvalue weighted by Gasteiger charge is 2.37. The summed E-state index contributed by atoms with van der Waals surface area (Å²) in [5.41, 5.74) is 1.32. The van der Waals surface area contributed by atoms with Crippen molar-refractivity contribution in [2.45, 2.75) is 67.2 Å². The maximum absolute atomic E-state index is 13.2. The lowest BCUT2D eigenvalue weighted by Gasteiger charge is -2.40. The Morgan fingerprint density at radius 2 is 1.65 bits per heavy atom. The minimum absolute atomic E-state index is 0.0726. The van der Waals surface area contributed by atoms with Gasteiger partial charge in [-0.25, -0.2) is 13.1 Å². The van der Waals surface area contributed by atoms with Crippen LogP contribution in [0.3, 0.4) is 0 Å². The molecular weight excluding hydrogens is 651 g/mol. The number of benzene rings is 3. The Morgan fingerprint density at radius 1 is 0.979 bits per heavy atom. The molecule has 1 aliphatic heterocycles. The molecule has 256 valence electrons. The number of nitrogens with one attached hydrogen (secondary N) is 2. The van der Waals surface area contributed by atoms with Crippen molar-refractivity contribution >= 4 is 50.7 Å². The maximum atomic E-state index is 13.2. The van der Waals surface area contributed by atoms with Gasteiger partial charge >= 0.3 is 0 Å². The molecule has 0 bridgehead atoms. The van der Waals surface area contributed by atoms with E-state index in [0.29, 0.717) is 17.6 Å². The molecule has 1 saturated carbocycles. The molecule has 13 heteroatoms. The summed E-state index contributed by atoms with van der Waals surface area (Å²) in [6.07, 6.45) is 8.21. The number of nitrogens with zero attached hydrogens (tertiary/aromatic N) is 3. The highest BCUT2D eigenvalue weighted by atomic mass is 32.2. The Balaban J connectivity index is 1.25. The third-order valence-electron chi connectivity index (χ3n) is 9.45. The number of carbonyl (C=O) groups excluding carboxylic acids is 2. The summed E-state index contributed by atoms with van der Waals surface area (Å²) >= 11 is 1.54. The second kappa shape index (κ2) is 15.4. The van der Waals surface area contributed by atoms with Crippen LogP contribution in [-0.4, -0.2) is 69.0 Å². The van der Waals surface area contributed by atoms with Gasteiger partial charge in [-0.3, -0.25) is 19.7 Å². The normalized spacial score (nSPS) is 16.3. The van der Waals surface area contributed by atoms with E-state index in [2.05, 4.69) is 14.9 Å². The fourth-order valence-corrected chi connectivity index (χ4v) is 8.52. The van der Waals surface area contributed by atoms with Gasteiger partial charge in [0.25, 0.3) is 21.6 Å². The summed E-state index contributed by atoms with van der Waals surface area (Å²) in [7, 11) is -1.09. The number of rotatable bonds is 13. The largest absolute Gasteiger partial charge is 0.376 e. The third-order valence-corrected chi connectivity index (χ3v) is 11.9. The standard InChI is InChI=1S/C35H43N5O6S2/c1-38(2)33(41)17-12-27(25-47-29-8-4-3-5-9-29)36-31-16-15-30(24-32(31)40(43)44)48(45,46)37-34(42)26-10-13-28(14-11-26)39-22-20-35(21-23-39)18-6-7-19-35/h3-5,8-11,13-16,24,27,36H,6-7,12,17-23,25H2,1-2H3,(H,37,42)/t27-/m1/s1. The van der Waals surface area contributed by atoms with Crippen LogP contribution in [0.1, 0.15) is 61.7 Å². The van der Waals surface area contributed by atoms with Crippen molar-refractivity contribution < 1.29 is 22.9 Å². The molecule has 2 fully saturated rings. The van der Waals surface area contributed by atoms with E-state index in [9.17, 15) is 28.1 Å². The molecule has 1 atom stereocenters. The van der Waals surface area contributed by atoms with Crippen molar-refractivity contribution in [2.24, 2.45) is 5.41 Å². The number of sulfonamides is 1. The van der Waals surface area contributed by atoms with E-state index in [1.165, 1.54) is 42.7 Å². The molecule has 2 N–H and O–H groups in total. The number of piperidine rings is 1. The van der Waals surface area contributed by atoms with E-state index >= 15 is 0 Å². The number of hydrogen-bond donors (Lipinski definition) is 2. The molecule has 2 aliphatic rings. The molecule has 11 nitrogen and oxygen atoms in total. The van der Waals surface area contributed by atoms with Crippen LogP contribution in [0.25, 0.3) is 0 Å². The van der Waals surface area contributed by atoms with E-state index < -0.39 is 31.4 Å². The van der Waals surface area contributed by atoms with Gasteiger partial charge in [0.15, 0.2) is 0 Å². The second-order valence-electron chi connectivity index (χ2n) is 12.9. The van der Waals surface area contributed by atoms with Crippen LogP contribution in [-0.2, 0) is 14.8 Å². The van der Waals surface area contributed by atoms with Gasteiger partial charge in [0, 0.05) is 67.6 Å². The average Bonchev–Trinajstić information content (AvgIpc) is 3.54.